The van der Waals surface area contributed by atoms with E-state index in [4.69, 9.17) is 4.74 Å². The number of aromatic nitrogens is 2. The normalized spacial score (nSPS) is 10.2. The summed E-state index contributed by atoms with van der Waals surface area (Å²) >= 11 is 0. The van der Waals surface area contributed by atoms with Crippen molar-refractivity contribution in [3.05, 3.63) is 72.8 Å². The molecule has 0 radical (unpaired) electrons. The van der Waals surface area contributed by atoms with Crippen LogP contribution >= 0.6 is 0 Å². The van der Waals surface area contributed by atoms with Crippen LogP contribution in [0.2, 0.25) is 0 Å². The molecule has 0 bridgehead atoms. The number of nitrogens with zero attached hydrogens (tertiary/aromatic N) is 2. The van der Waals surface area contributed by atoms with Crippen molar-refractivity contribution in [3.8, 4) is 22.3 Å². The lowest BCUT2D eigenvalue weighted by Gasteiger charge is -2.11. The van der Waals surface area contributed by atoms with Crippen molar-refractivity contribution < 1.29 is 9.53 Å². The van der Waals surface area contributed by atoms with E-state index in [1.165, 1.54) is 7.11 Å². The van der Waals surface area contributed by atoms with Gasteiger partial charge in [0.05, 0.1) is 12.7 Å². The Bertz CT molecular complexity index is 787. The summed E-state index contributed by atoms with van der Waals surface area (Å²) < 4.78 is 4.81. The first-order chi connectivity index (χ1) is 10.8. The van der Waals surface area contributed by atoms with Crippen molar-refractivity contribution in [2.24, 2.45) is 0 Å². The summed E-state index contributed by atoms with van der Waals surface area (Å²) in [5, 5.41) is 0. The summed E-state index contributed by atoms with van der Waals surface area (Å²) in [7, 11) is 1.38. The Morgan fingerprint density at radius 3 is 2.09 bits per heavy atom. The van der Waals surface area contributed by atoms with Gasteiger partial charge in [0.1, 0.15) is 0 Å². The molecule has 4 heteroatoms. The average Bonchev–Trinajstić information content (AvgIpc) is 2.62. The van der Waals surface area contributed by atoms with Gasteiger partial charge in [0, 0.05) is 35.9 Å². The van der Waals surface area contributed by atoms with E-state index >= 15 is 0 Å². The number of benzene rings is 1. The van der Waals surface area contributed by atoms with Gasteiger partial charge in [-0.05, 0) is 35.4 Å². The Morgan fingerprint density at radius 2 is 1.55 bits per heavy atom. The van der Waals surface area contributed by atoms with E-state index in [9.17, 15) is 4.79 Å². The highest BCUT2D eigenvalue weighted by Gasteiger charge is 2.12. The van der Waals surface area contributed by atoms with Gasteiger partial charge in [-0.2, -0.15) is 0 Å². The number of carbonyl (C=O) groups excluding carboxylic acids is 1. The van der Waals surface area contributed by atoms with Gasteiger partial charge in [-0.25, -0.2) is 4.79 Å². The Kier molecular flexibility index (Phi) is 3.92. The molecule has 0 unspecified atom stereocenters. The fraction of sp³-hybridized carbons (Fsp3) is 0.0556. The molecule has 0 aliphatic rings. The zero-order valence-corrected chi connectivity index (χ0v) is 12.1. The third-order valence-electron chi connectivity index (χ3n) is 3.39. The minimum Gasteiger partial charge on any atom is -0.465 e. The van der Waals surface area contributed by atoms with Crippen molar-refractivity contribution >= 4 is 5.97 Å². The summed E-state index contributed by atoms with van der Waals surface area (Å²) in [6.45, 7) is 0. The molecule has 0 saturated heterocycles. The first kappa shape index (κ1) is 13.9. The number of methoxy groups -OCH3 is 1. The van der Waals surface area contributed by atoms with Gasteiger partial charge in [0.2, 0.25) is 0 Å². The van der Waals surface area contributed by atoms with E-state index in [0.29, 0.717) is 5.56 Å². The first-order valence-corrected chi connectivity index (χ1v) is 6.83. The minimum absolute atomic E-state index is 0.358. The van der Waals surface area contributed by atoms with Crippen LogP contribution in [0.1, 0.15) is 10.4 Å². The van der Waals surface area contributed by atoms with E-state index < -0.39 is 0 Å². The van der Waals surface area contributed by atoms with Crippen LogP contribution < -0.4 is 0 Å². The highest BCUT2D eigenvalue weighted by molar-refractivity contribution is 5.94. The SMILES string of the molecule is COC(=O)c1ccc(-c2cccnc2)c(-c2cccnc2)c1. The molecule has 0 fully saturated rings. The number of hydrogen-bond donors (Lipinski definition) is 0. The highest BCUT2D eigenvalue weighted by atomic mass is 16.5. The summed E-state index contributed by atoms with van der Waals surface area (Å²) in [5.74, 6) is -0.358. The molecule has 22 heavy (non-hydrogen) atoms. The maximum Gasteiger partial charge on any atom is 0.337 e. The smallest absolute Gasteiger partial charge is 0.337 e. The molecule has 0 saturated carbocycles. The van der Waals surface area contributed by atoms with Crippen molar-refractivity contribution in [1.82, 2.24) is 9.97 Å². The quantitative estimate of drug-likeness (QED) is 0.692. The molecule has 3 rings (SSSR count). The van der Waals surface area contributed by atoms with Crippen molar-refractivity contribution in [1.29, 1.82) is 0 Å². The van der Waals surface area contributed by atoms with Crippen LogP contribution in [0.3, 0.4) is 0 Å². The largest absolute Gasteiger partial charge is 0.465 e. The molecule has 0 N–H and O–H groups in total. The second-order valence-corrected chi connectivity index (χ2v) is 4.74. The second kappa shape index (κ2) is 6.18. The van der Waals surface area contributed by atoms with Crippen LogP contribution in [0, 0.1) is 0 Å². The maximum atomic E-state index is 11.8. The van der Waals surface area contributed by atoms with Gasteiger partial charge in [-0.15, -0.1) is 0 Å². The van der Waals surface area contributed by atoms with E-state index in [1.54, 1.807) is 30.9 Å². The van der Waals surface area contributed by atoms with Crippen LogP contribution in [0.25, 0.3) is 22.3 Å². The molecule has 0 aliphatic heterocycles. The number of pyridine rings is 2. The Morgan fingerprint density at radius 1 is 0.909 bits per heavy atom. The summed E-state index contributed by atoms with van der Waals surface area (Å²) in [4.78, 5) is 20.1. The predicted octanol–water partition coefficient (Wildman–Crippen LogP) is 3.60. The fourth-order valence-corrected chi connectivity index (χ4v) is 2.32. The van der Waals surface area contributed by atoms with Crippen molar-refractivity contribution in [2.45, 2.75) is 0 Å². The van der Waals surface area contributed by atoms with Gasteiger partial charge in [-0.3, -0.25) is 9.97 Å². The molecule has 0 spiro atoms. The molecule has 0 aliphatic carbocycles. The monoisotopic (exact) mass is 290 g/mol. The van der Waals surface area contributed by atoms with E-state index in [2.05, 4.69) is 9.97 Å². The topological polar surface area (TPSA) is 52.1 Å². The molecule has 4 nitrogen and oxygen atoms in total. The molecule has 1 aromatic carbocycles. The van der Waals surface area contributed by atoms with E-state index in [0.717, 1.165) is 22.3 Å². The van der Waals surface area contributed by atoms with Crippen LogP contribution in [-0.4, -0.2) is 23.0 Å². The third-order valence-corrected chi connectivity index (χ3v) is 3.39. The lowest BCUT2D eigenvalue weighted by Crippen LogP contribution is -2.01. The Balaban J connectivity index is 2.20. The van der Waals surface area contributed by atoms with E-state index in [1.807, 2.05) is 36.4 Å². The molecule has 2 heterocycles. The summed E-state index contributed by atoms with van der Waals surface area (Å²) in [5.41, 5.74) is 4.34. The number of carbonyl (C=O) groups is 1. The molecular weight excluding hydrogens is 276 g/mol. The molecule has 0 amide bonds. The fourth-order valence-electron chi connectivity index (χ4n) is 2.32. The molecule has 2 aromatic heterocycles. The van der Waals surface area contributed by atoms with Crippen LogP contribution in [-0.2, 0) is 4.74 Å². The second-order valence-electron chi connectivity index (χ2n) is 4.74. The lowest BCUT2D eigenvalue weighted by molar-refractivity contribution is 0.0601. The molecule has 3 aromatic rings. The van der Waals surface area contributed by atoms with Gasteiger partial charge >= 0.3 is 5.97 Å². The van der Waals surface area contributed by atoms with Crippen LogP contribution in [0.15, 0.2) is 67.3 Å². The molecule has 0 atom stereocenters. The average molecular weight is 290 g/mol. The standard InChI is InChI=1S/C18H14N2O2/c1-22-18(21)13-6-7-16(14-4-2-8-19-11-14)17(10-13)15-5-3-9-20-12-15/h2-12H,1H3. The molecular formula is C18H14N2O2. The minimum atomic E-state index is -0.358. The number of rotatable bonds is 3. The van der Waals surface area contributed by atoms with Gasteiger partial charge in [-0.1, -0.05) is 18.2 Å². The Hall–Kier alpha value is -3.01. The third kappa shape index (κ3) is 2.72. The maximum absolute atomic E-state index is 11.8. The summed E-state index contributed by atoms with van der Waals surface area (Å²) in [6, 6.07) is 13.2. The number of esters is 1. The van der Waals surface area contributed by atoms with Gasteiger partial charge < -0.3 is 4.74 Å². The summed E-state index contributed by atoms with van der Waals surface area (Å²) in [6.07, 6.45) is 7.02. The van der Waals surface area contributed by atoms with Gasteiger partial charge in [0.15, 0.2) is 0 Å². The van der Waals surface area contributed by atoms with Crippen LogP contribution in [0.4, 0.5) is 0 Å². The van der Waals surface area contributed by atoms with Crippen LogP contribution in [0.5, 0.6) is 0 Å². The molecule has 108 valence electrons. The number of ether oxygens (including phenoxy) is 1. The predicted molar refractivity (Wildman–Crippen MR) is 84.2 cm³/mol. The lowest BCUT2D eigenvalue weighted by atomic mass is 9.94. The van der Waals surface area contributed by atoms with Crippen molar-refractivity contribution in [2.75, 3.05) is 7.11 Å². The number of hydrogen-bond acceptors (Lipinski definition) is 4. The van der Waals surface area contributed by atoms with E-state index in [-0.39, 0.29) is 5.97 Å². The van der Waals surface area contributed by atoms with Gasteiger partial charge in [0.25, 0.3) is 0 Å². The zero-order valence-electron chi connectivity index (χ0n) is 12.1. The zero-order chi connectivity index (χ0) is 15.4. The highest BCUT2D eigenvalue weighted by Crippen LogP contribution is 2.32. The first-order valence-electron chi connectivity index (χ1n) is 6.83. The van der Waals surface area contributed by atoms with Crippen molar-refractivity contribution in [3.63, 3.8) is 0 Å². The Labute approximate surface area is 128 Å².